The molecule has 1 saturated heterocycles. The molecule has 0 spiro atoms. The average Bonchev–Trinajstić information content (AvgIpc) is 3.19. The molecular formula is C16H16FN5O. The second kappa shape index (κ2) is 5.92. The Kier molecular flexibility index (Phi) is 3.63. The molecule has 0 radical (unpaired) electrons. The zero-order valence-electron chi connectivity index (χ0n) is 12.4. The molecule has 1 aromatic carbocycles. The summed E-state index contributed by atoms with van der Waals surface area (Å²) in [5.41, 5.74) is 2.03. The summed E-state index contributed by atoms with van der Waals surface area (Å²) in [6, 6.07) is 6.24. The van der Waals surface area contributed by atoms with E-state index < -0.39 is 0 Å². The second-order valence-electron chi connectivity index (χ2n) is 5.56. The first-order chi connectivity index (χ1) is 11.3. The zero-order chi connectivity index (χ0) is 15.6. The van der Waals surface area contributed by atoms with Crippen molar-refractivity contribution >= 4 is 22.7 Å². The fourth-order valence-corrected chi connectivity index (χ4v) is 2.82. The number of aromatic nitrogens is 4. The van der Waals surface area contributed by atoms with Crippen LogP contribution in [0.1, 0.15) is 12.8 Å². The normalized spacial score (nSPS) is 17.7. The molecule has 3 aromatic rings. The molecule has 6 nitrogen and oxygen atoms in total. The van der Waals surface area contributed by atoms with Crippen LogP contribution in [0.15, 0.2) is 36.9 Å². The number of halogens is 1. The van der Waals surface area contributed by atoms with Crippen LogP contribution in [0.25, 0.3) is 11.2 Å². The third-order valence-electron chi connectivity index (χ3n) is 3.91. The summed E-state index contributed by atoms with van der Waals surface area (Å²) in [4.78, 5) is 13.0. The number of fused-ring (bicyclic) bond motifs is 1. The molecular weight excluding hydrogens is 297 g/mol. The van der Waals surface area contributed by atoms with Crippen molar-refractivity contribution in [3.05, 3.63) is 42.7 Å². The molecule has 1 N–H and O–H groups in total. The van der Waals surface area contributed by atoms with Gasteiger partial charge in [0.25, 0.3) is 0 Å². The van der Waals surface area contributed by atoms with Crippen LogP contribution in [0.4, 0.5) is 15.9 Å². The van der Waals surface area contributed by atoms with Crippen molar-refractivity contribution in [2.24, 2.45) is 0 Å². The Labute approximate surface area is 132 Å². The topological polar surface area (TPSA) is 64.9 Å². The summed E-state index contributed by atoms with van der Waals surface area (Å²) in [5, 5.41) is 3.10. The van der Waals surface area contributed by atoms with Crippen LogP contribution < -0.4 is 5.32 Å². The van der Waals surface area contributed by atoms with Crippen molar-refractivity contribution in [3.63, 3.8) is 0 Å². The maximum Gasteiger partial charge on any atom is 0.165 e. The van der Waals surface area contributed by atoms with Gasteiger partial charge in [-0.1, -0.05) is 6.07 Å². The molecule has 1 aliphatic heterocycles. The minimum Gasteiger partial charge on any atom is -0.376 e. The van der Waals surface area contributed by atoms with Crippen LogP contribution in [0.2, 0.25) is 0 Å². The lowest BCUT2D eigenvalue weighted by atomic mass is 10.2. The van der Waals surface area contributed by atoms with E-state index in [1.54, 1.807) is 18.5 Å². The molecule has 1 unspecified atom stereocenters. The lowest BCUT2D eigenvalue weighted by molar-refractivity contribution is 0.0978. The molecule has 1 fully saturated rings. The molecule has 4 rings (SSSR count). The fourth-order valence-electron chi connectivity index (χ4n) is 2.82. The molecule has 7 heteroatoms. The van der Waals surface area contributed by atoms with Gasteiger partial charge in [0.05, 0.1) is 19.0 Å². The standard InChI is InChI=1S/C16H16FN5O/c17-11-3-1-4-12(7-11)21-15-14-16(19-9-18-15)22(10-20-14)8-13-5-2-6-23-13/h1,3-4,7,9-10,13H,2,5-6,8H2,(H,18,19,21). The zero-order valence-corrected chi connectivity index (χ0v) is 12.4. The van der Waals surface area contributed by atoms with Gasteiger partial charge in [0.1, 0.15) is 12.1 Å². The Hall–Kier alpha value is -2.54. The highest BCUT2D eigenvalue weighted by Crippen LogP contribution is 2.23. The van der Waals surface area contributed by atoms with Gasteiger partial charge in [-0.15, -0.1) is 0 Å². The maximum atomic E-state index is 13.3. The molecule has 0 amide bonds. The number of benzene rings is 1. The first kappa shape index (κ1) is 14.1. The minimum absolute atomic E-state index is 0.210. The predicted molar refractivity (Wildman–Crippen MR) is 84.0 cm³/mol. The van der Waals surface area contributed by atoms with E-state index in [2.05, 4.69) is 20.3 Å². The van der Waals surface area contributed by atoms with Crippen LogP contribution in [0, 0.1) is 5.82 Å². The molecule has 1 aliphatic rings. The molecule has 0 saturated carbocycles. The Morgan fingerprint density at radius 1 is 1.30 bits per heavy atom. The first-order valence-corrected chi connectivity index (χ1v) is 7.59. The number of hydrogen-bond acceptors (Lipinski definition) is 5. The molecule has 0 bridgehead atoms. The van der Waals surface area contributed by atoms with Crippen molar-refractivity contribution in [2.75, 3.05) is 11.9 Å². The van der Waals surface area contributed by atoms with Gasteiger partial charge in [-0.3, -0.25) is 0 Å². The number of nitrogens with zero attached hydrogens (tertiary/aromatic N) is 4. The van der Waals surface area contributed by atoms with Crippen molar-refractivity contribution in [3.8, 4) is 0 Å². The Morgan fingerprint density at radius 3 is 3.09 bits per heavy atom. The molecule has 1 atom stereocenters. The summed E-state index contributed by atoms with van der Waals surface area (Å²) >= 11 is 0. The second-order valence-corrected chi connectivity index (χ2v) is 5.56. The largest absolute Gasteiger partial charge is 0.376 e. The molecule has 118 valence electrons. The van der Waals surface area contributed by atoms with E-state index >= 15 is 0 Å². The van der Waals surface area contributed by atoms with Crippen molar-refractivity contribution in [1.29, 1.82) is 0 Å². The van der Waals surface area contributed by atoms with Crippen molar-refractivity contribution < 1.29 is 9.13 Å². The van der Waals surface area contributed by atoms with Crippen molar-refractivity contribution in [1.82, 2.24) is 19.5 Å². The number of ether oxygens (including phenoxy) is 1. The highest BCUT2D eigenvalue weighted by Gasteiger charge is 2.18. The van der Waals surface area contributed by atoms with Crippen LogP contribution in [-0.4, -0.2) is 32.2 Å². The lowest BCUT2D eigenvalue weighted by Gasteiger charge is -2.10. The van der Waals surface area contributed by atoms with Gasteiger partial charge < -0.3 is 14.6 Å². The highest BCUT2D eigenvalue weighted by atomic mass is 19.1. The van der Waals surface area contributed by atoms with Crippen molar-refractivity contribution in [2.45, 2.75) is 25.5 Å². The molecule has 23 heavy (non-hydrogen) atoms. The fraction of sp³-hybridized carbons (Fsp3) is 0.312. The van der Waals surface area contributed by atoms with Gasteiger partial charge in [-0.05, 0) is 31.0 Å². The summed E-state index contributed by atoms with van der Waals surface area (Å²) in [6.45, 7) is 1.55. The number of nitrogens with one attached hydrogen (secondary N) is 1. The van der Waals surface area contributed by atoms with Crippen LogP contribution in [0.5, 0.6) is 0 Å². The van der Waals surface area contributed by atoms with Crippen LogP contribution in [-0.2, 0) is 11.3 Å². The molecule has 3 heterocycles. The number of rotatable bonds is 4. The summed E-state index contributed by atoms with van der Waals surface area (Å²) in [5.74, 6) is 0.260. The van der Waals surface area contributed by atoms with Gasteiger partial charge in [0, 0.05) is 12.3 Å². The highest BCUT2D eigenvalue weighted by molar-refractivity contribution is 5.85. The van der Waals surface area contributed by atoms with E-state index in [4.69, 9.17) is 4.74 Å². The Morgan fingerprint density at radius 2 is 2.26 bits per heavy atom. The Balaban J connectivity index is 1.64. The van der Waals surface area contributed by atoms with E-state index in [0.717, 1.165) is 31.6 Å². The predicted octanol–water partition coefficient (Wildman–Crippen LogP) is 2.89. The van der Waals surface area contributed by atoms with E-state index in [-0.39, 0.29) is 11.9 Å². The minimum atomic E-state index is -0.302. The Bertz CT molecular complexity index is 828. The quantitative estimate of drug-likeness (QED) is 0.802. The first-order valence-electron chi connectivity index (χ1n) is 7.59. The summed E-state index contributed by atoms with van der Waals surface area (Å²) in [7, 11) is 0. The smallest absolute Gasteiger partial charge is 0.165 e. The third kappa shape index (κ3) is 2.87. The van der Waals surface area contributed by atoms with E-state index in [1.807, 2.05) is 4.57 Å². The summed E-state index contributed by atoms with van der Waals surface area (Å²) in [6.07, 6.45) is 5.59. The lowest BCUT2D eigenvalue weighted by Crippen LogP contribution is -2.14. The maximum absolute atomic E-state index is 13.3. The van der Waals surface area contributed by atoms with E-state index in [0.29, 0.717) is 17.0 Å². The van der Waals surface area contributed by atoms with E-state index in [1.165, 1.54) is 18.5 Å². The summed E-state index contributed by atoms with van der Waals surface area (Å²) < 4.78 is 20.9. The van der Waals surface area contributed by atoms with Gasteiger partial charge >= 0.3 is 0 Å². The number of anilines is 2. The average molecular weight is 313 g/mol. The third-order valence-corrected chi connectivity index (χ3v) is 3.91. The monoisotopic (exact) mass is 313 g/mol. The van der Waals surface area contributed by atoms with Gasteiger partial charge in [0.15, 0.2) is 17.0 Å². The van der Waals surface area contributed by atoms with Crippen LogP contribution in [0.3, 0.4) is 0 Å². The van der Waals surface area contributed by atoms with Gasteiger partial charge in [-0.25, -0.2) is 19.3 Å². The SMILES string of the molecule is Fc1cccc(Nc2ncnc3c2ncn3CC2CCCO2)c1. The number of imidazole rings is 1. The van der Waals surface area contributed by atoms with Gasteiger partial charge in [0.2, 0.25) is 0 Å². The van der Waals surface area contributed by atoms with E-state index in [9.17, 15) is 4.39 Å². The van der Waals surface area contributed by atoms with Gasteiger partial charge in [-0.2, -0.15) is 0 Å². The van der Waals surface area contributed by atoms with Crippen LogP contribution >= 0.6 is 0 Å². The number of hydrogen-bond donors (Lipinski definition) is 1. The molecule has 0 aliphatic carbocycles. The molecule has 2 aromatic heterocycles.